The predicted octanol–water partition coefficient (Wildman–Crippen LogP) is 5.21. The van der Waals surface area contributed by atoms with Crippen molar-refractivity contribution in [3.63, 3.8) is 0 Å². The first kappa shape index (κ1) is 21.3. The number of alkyl halides is 3. The lowest BCUT2D eigenvalue weighted by molar-refractivity contribution is -0.141. The molecular weight excluding hydrogens is 423 g/mol. The first-order chi connectivity index (χ1) is 13.9. The van der Waals surface area contributed by atoms with Crippen molar-refractivity contribution in [2.24, 2.45) is 0 Å². The van der Waals surface area contributed by atoms with Gasteiger partial charge in [-0.05, 0) is 17.7 Å². The number of amides is 1. The van der Waals surface area contributed by atoms with Crippen LogP contribution in [0.3, 0.4) is 0 Å². The predicted molar refractivity (Wildman–Crippen MR) is 109 cm³/mol. The Hall–Kier alpha value is -2.45. The minimum atomic E-state index is -4.67. The quantitative estimate of drug-likeness (QED) is 0.514. The van der Waals surface area contributed by atoms with Crippen molar-refractivity contribution in [1.29, 1.82) is 0 Å². The van der Waals surface area contributed by atoms with Crippen LogP contribution in [0.4, 0.5) is 13.2 Å². The van der Waals surface area contributed by atoms with Crippen LogP contribution in [-0.2, 0) is 11.9 Å². The second-order valence-corrected chi connectivity index (χ2v) is 7.58. The molecule has 1 heterocycles. The number of nitrogens with zero attached hydrogens (tertiary/aromatic N) is 2. The smallest absolute Gasteiger partial charge is 0.350 e. The van der Waals surface area contributed by atoms with E-state index in [1.54, 1.807) is 23.9 Å². The van der Waals surface area contributed by atoms with Crippen LogP contribution in [0.1, 0.15) is 21.7 Å². The molecule has 0 saturated carbocycles. The van der Waals surface area contributed by atoms with Crippen molar-refractivity contribution < 1.29 is 18.0 Å². The van der Waals surface area contributed by atoms with E-state index in [9.17, 15) is 18.0 Å². The highest BCUT2D eigenvalue weighted by atomic mass is 35.5. The summed E-state index contributed by atoms with van der Waals surface area (Å²) in [5, 5.41) is 6.40. The van der Waals surface area contributed by atoms with Gasteiger partial charge in [0.05, 0.1) is 10.7 Å². The number of hydrogen-bond acceptors (Lipinski definition) is 3. The molecule has 0 fully saturated rings. The fraction of sp³-hybridized carbons (Fsp3) is 0.200. The van der Waals surface area contributed by atoms with E-state index in [0.29, 0.717) is 12.3 Å². The van der Waals surface area contributed by atoms with Crippen molar-refractivity contribution >= 4 is 29.3 Å². The maximum Gasteiger partial charge on any atom is 0.435 e. The third kappa shape index (κ3) is 5.55. The molecule has 2 aromatic carbocycles. The fourth-order valence-corrected chi connectivity index (χ4v) is 3.61. The molecule has 0 unspecified atom stereocenters. The van der Waals surface area contributed by atoms with Crippen LogP contribution in [-0.4, -0.2) is 28.0 Å². The molecule has 4 nitrogen and oxygen atoms in total. The minimum absolute atomic E-state index is 0.191. The molecule has 0 aliphatic heterocycles. The molecule has 1 N–H and O–H groups in total. The lowest BCUT2D eigenvalue weighted by Gasteiger charge is -2.09. The van der Waals surface area contributed by atoms with Crippen molar-refractivity contribution in [2.75, 3.05) is 12.3 Å². The molecule has 0 radical (unpaired) electrons. The number of carbonyl (C=O) groups is 1. The van der Waals surface area contributed by atoms with E-state index in [0.717, 1.165) is 22.1 Å². The molecule has 1 amide bonds. The first-order valence-electron chi connectivity index (χ1n) is 8.68. The number of hydrogen-bond donors (Lipinski definition) is 1. The zero-order chi connectivity index (χ0) is 20.9. The number of nitrogens with one attached hydrogen (secondary N) is 1. The van der Waals surface area contributed by atoms with E-state index in [1.807, 2.05) is 30.3 Å². The molecule has 3 rings (SSSR count). The summed E-state index contributed by atoms with van der Waals surface area (Å²) in [7, 11) is 0. The third-order valence-corrected chi connectivity index (χ3v) is 5.31. The molecule has 0 spiro atoms. The molecular formula is C20H17ClF3N3OS. The van der Waals surface area contributed by atoms with Gasteiger partial charge in [0.1, 0.15) is 5.69 Å². The Labute approximate surface area is 175 Å². The van der Waals surface area contributed by atoms with Gasteiger partial charge in [-0.15, -0.1) is 0 Å². The van der Waals surface area contributed by atoms with E-state index >= 15 is 0 Å². The van der Waals surface area contributed by atoms with Crippen LogP contribution in [0.5, 0.6) is 0 Å². The summed E-state index contributed by atoms with van der Waals surface area (Å²) >= 11 is 7.70. The van der Waals surface area contributed by atoms with Gasteiger partial charge in [-0.3, -0.25) is 4.79 Å². The maximum absolute atomic E-state index is 13.1. The van der Waals surface area contributed by atoms with Gasteiger partial charge in [-0.1, -0.05) is 54.1 Å². The van der Waals surface area contributed by atoms with Crippen LogP contribution >= 0.6 is 23.4 Å². The number of para-hydroxylation sites is 1. The number of halogens is 4. The van der Waals surface area contributed by atoms with Crippen LogP contribution in [0, 0.1) is 0 Å². The zero-order valence-corrected chi connectivity index (χ0v) is 16.7. The van der Waals surface area contributed by atoms with Crippen molar-refractivity contribution in [3.05, 3.63) is 82.6 Å². The number of benzene rings is 2. The van der Waals surface area contributed by atoms with Gasteiger partial charge in [0.25, 0.3) is 5.91 Å². The fourth-order valence-electron chi connectivity index (χ4n) is 2.58. The molecule has 29 heavy (non-hydrogen) atoms. The van der Waals surface area contributed by atoms with Gasteiger partial charge in [0, 0.05) is 24.1 Å². The van der Waals surface area contributed by atoms with Crippen molar-refractivity contribution in [2.45, 2.75) is 11.9 Å². The van der Waals surface area contributed by atoms with E-state index in [1.165, 1.54) is 12.1 Å². The Morgan fingerprint density at radius 2 is 1.79 bits per heavy atom. The normalized spacial score (nSPS) is 11.4. The third-order valence-electron chi connectivity index (χ3n) is 3.96. The Morgan fingerprint density at radius 1 is 1.10 bits per heavy atom. The first-order valence-corrected chi connectivity index (χ1v) is 10.2. The Morgan fingerprint density at radius 3 is 2.48 bits per heavy atom. The number of rotatable bonds is 7. The zero-order valence-electron chi connectivity index (χ0n) is 15.1. The van der Waals surface area contributed by atoms with Gasteiger partial charge in [0.2, 0.25) is 0 Å². The van der Waals surface area contributed by atoms with Crippen molar-refractivity contribution in [1.82, 2.24) is 15.1 Å². The average Bonchev–Trinajstić information content (AvgIpc) is 3.14. The Balaban J connectivity index is 1.69. The molecule has 1 aromatic heterocycles. The summed E-state index contributed by atoms with van der Waals surface area (Å²) in [6.45, 7) is 0.311. The van der Waals surface area contributed by atoms with Gasteiger partial charge in [-0.2, -0.15) is 30.0 Å². The van der Waals surface area contributed by atoms with Crippen LogP contribution in [0.15, 0.2) is 60.7 Å². The second kappa shape index (κ2) is 9.37. The summed E-state index contributed by atoms with van der Waals surface area (Å²) < 4.78 is 40.3. The standard InChI is InChI=1S/C20H17ClF3N3OS/c21-15-8-4-5-9-16(15)27-17(12-18(26-27)20(22,23)24)19(28)25-10-11-29-13-14-6-2-1-3-7-14/h1-9,12H,10-11,13H2,(H,25,28). The largest absolute Gasteiger partial charge is 0.435 e. The average molecular weight is 440 g/mol. The lowest BCUT2D eigenvalue weighted by atomic mass is 10.2. The molecule has 0 aliphatic rings. The minimum Gasteiger partial charge on any atom is -0.350 e. The van der Waals surface area contributed by atoms with Crippen LogP contribution in [0.2, 0.25) is 5.02 Å². The topological polar surface area (TPSA) is 46.9 Å². The molecule has 0 bridgehead atoms. The highest BCUT2D eigenvalue weighted by Crippen LogP contribution is 2.30. The molecule has 0 saturated heterocycles. The van der Waals surface area contributed by atoms with Crippen LogP contribution in [0.25, 0.3) is 5.69 Å². The summed E-state index contributed by atoms with van der Waals surface area (Å²) in [6.07, 6.45) is -4.67. The highest BCUT2D eigenvalue weighted by Gasteiger charge is 2.36. The highest BCUT2D eigenvalue weighted by molar-refractivity contribution is 7.98. The van der Waals surface area contributed by atoms with Gasteiger partial charge in [-0.25, -0.2) is 4.68 Å². The molecule has 0 atom stereocenters. The summed E-state index contributed by atoms with van der Waals surface area (Å²) in [5.74, 6) is 0.757. The maximum atomic E-state index is 13.1. The monoisotopic (exact) mass is 439 g/mol. The number of aromatic nitrogens is 2. The molecule has 0 aliphatic carbocycles. The van der Waals surface area contributed by atoms with E-state index < -0.39 is 17.8 Å². The molecule has 9 heteroatoms. The van der Waals surface area contributed by atoms with Crippen molar-refractivity contribution in [3.8, 4) is 5.69 Å². The summed E-state index contributed by atoms with van der Waals surface area (Å²) in [6, 6.07) is 16.9. The number of carbonyl (C=O) groups excluding carboxylic acids is 1. The Bertz CT molecular complexity index is 977. The van der Waals surface area contributed by atoms with Gasteiger partial charge in [0.15, 0.2) is 5.69 Å². The van der Waals surface area contributed by atoms with Gasteiger partial charge >= 0.3 is 6.18 Å². The second-order valence-electron chi connectivity index (χ2n) is 6.07. The van der Waals surface area contributed by atoms with E-state index in [-0.39, 0.29) is 16.4 Å². The van der Waals surface area contributed by atoms with E-state index in [2.05, 4.69) is 10.4 Å². The molecule has 3 aromatic rings. The van der Waals surface area contributed by atoms with Crippen LogP contribution < -0.4 is 5.32 Å². The SMILES string of the molecule is O=C(NCCSCc1ccccc1)c1cc(C(F)(F)F)nn1-c1ccccc1Cl. The molecule has 152 valence electrons. The Kier molecular flexibility index (Phi) is 6.87. The summed E-state index contributed by atoms with van der Waals surface area (Å²) in [4.78, 5) is 12.5. The lowest BCUT2D eigenvalue weighted by Crippen LogP contribution is -2.28. The number of thioether (sulfide) groups is 1. The summed E-state index contributed by atoms with van der Waals surface area (Å²) in [5.41, 5.74) is -0.0109. The van der Waals surface area contributed by atoms with E-state index in [4.69, 9.17) is 11.6 Å². The van der Waals surface area contributed by atoms with Gasteiger partial charge < -0.3 is 5.32 Å².